The van der Waals surface area contributed by atoms with Gasteiger partial charge in [-0.1, -0.05) is 13.0 Å². The number of anilines is 1. The maximum Gasteiger partial charge on any atom is 0.180 e. The van der Waals surface area contributed by atoms with Gasteiger partial charge in [-0.15, -0.1) is 0 Å². The molecule has 3 rings (SSSR count). The summed E-state index contributed by atoms with van der Waals surface area (Å²) in [5.74, 6) is 1.57. The van der Waals surface area contributed by atoms with Crippen LogP contribution in [0.5, 0.6) is 0 Å². The Morgan fingerprint density at radius 3 is 2.64 bits per heavy atom. The van der Waals surface area contributed by atoms with Crippen molar-refractivity contribution in [2.75, 3.05) is 45.1 Å². The van der Waals surface area contributed by atoms with Crippen molar-refractivity contribution in [1.29, 1.82) is 0 Å². The molecule has 6 heteroatoms. The van der Waals surface area contributed by atoms with Crippen molar-refractivity contribution in [1.82, 2.24) is 24.8 Å². The minimum absolute atomic E-state index is 0.333. The molecule has 0 amide bonds. The molecule has 25 heavy (non-hydrogen) atoms. The molecule has 1 unspecified atom stereocenters. The van der Waals surface area contributed by atoms with Gasteiger partial charge in [-0.3, -0.25) is 9.88 Å². The van der Waals surface area contributed by atoms with Crippen LogP contribution in [0.2, 0.25) is 0 Å². The van der Waals surface area contributed by atoms with Gasteiger partial charge in [-0.2, -0.15) is 0 Å². The number of aryl methyl sites for hydroxylation is 1. The highest BCUT2D eigenvalue weighted by Gasteiger charge is 2.16. The van der Waals surface area contributed by atoms with E-state index in [9.17, 15) is 0 Å². The summed E-state index contributed by atoms with van der Waals surface area (Å²) in [4.78, 5) is 18.6. The van der Waals surface area contributed by atoms with E-state index in [2.05, 4.69) is 51.0 Å². The van der Waals surface area contributed by atoms with Crippen LogP contribution in [0.15, 0.2) is 30.5 Å². The Hall–Kier alpha value is -2.05. The first-order chi connectivity index (χ1) is 12.1. The largest absolute Gasteiger partial charge is 0.366 e. The number of likely N-dealkylation sites (N-methyl/N-ethyl adjacent to an activating group) is 1. The van der Waals surface area contributed by atoms with E-state index in [0.717, 1.165) is 56.4 Å². The second-order valence-electron chi connectivity index (χ2n) is 6.79. The quantitative estimate of drug-likeness (QED) is 0.869. The fourth-order valence-electron chi connectivity index (χ4n) is 3.08. The van der Waals surface area contributed by atoms with E-state index >= 15 is 0 Å². The molecule has 1 saturated heterocycles. The van der Waals surface area contributed by atoms with Crippen molar-refractivity contribution >= 4 is 5.82 Å². The first-order valence-electron chi connectivity index (χ1n) is 9.11. The molecule has 1 aliphatic rings. The molecule has 0 spiro atoms. The van der Waals surface area contributed by atoms with Gasteiger partial charge in [0.1, 0.15) is 11.5 Å². The zero-order valence-corrected chi connectivity index (χ0v) is 15.4. The number of piperazine rings is 1. The molecule has 0 aromatic carbocycles. The van der Waals surface area contributed by atoms with Gasteiger partial charge in [0, 0.05) is 56.7 Å². The second-order valence-corrected chi connectivity index (χ2v) is 6.79. The molecule has 1 atom stereocenters. The van der Waals surface area contributed by atoms with Gasteiger partial charge in [-0.05, 0) is 32.5 Å². The van der Waals surface area contributed by atoms with Gasteiger partial charge < -0.3 is 10.2 Å². The highest BCUT2D eigenvalue weighted by Crippen LogP contribution is 2.17. The predicted octanol–water partition coefficient (Wildman–Crippen LogP) is 2.15. The molecule has 3 heterocycles. The first-order valence-corrected chi connectivity index (χ1v) is 9.11. The zero-order chi connectivity index (χ0) is 17.6. The minimum Gasteiger partial charge on any atom is -0.366 e. The Bertz CT molecular complexity index is 667. The maximum atomic E-state index is 4.69. The lowest BCUT2D eigenvalue weighted by molar-refractivity contribution is 0.151. The Labute approximate surface area is 150 Å². The molecular formula is C19H28N6. The van der Waals surface area contributed by atoms with Gasteiger partial charge >= 0.3 is 0 Å². The summed E-state index contributed by atoms with van der Waals surface area (Å²) in [6.07, 6.45) is 2.66. The number of hydrogen-bond acceptors (Lipinski definition) is 6. The second kappa shape index (κ2) is 8.36. The monoisotopic (exact) mass is 340 g/mol. The Kier molecular flexibility index (Phi) is 5.94. The predicted molar refractivity (Wildman–Crippen MR) is 102 cm³/mol. The van der Waals surface area contributed by atoms with E-state index in [4.69, 9.17) is 0 Å². The third-order valence-electron chi connectivity index (χ3n) is 4.56. The minimum atomic E-state index is 0.333. The van der Waals surface area contributed by atoms with Crippen molar-refractivity contribution in [2.45, 2.75) is 26.3 Å². The summed E-state index contributed by atoms with van der Waals surface area (Å²) in [5.41, 5.74) is 1.84. The average Bonchev–Trinajstić information content (AvgIpc) is 2.64. The highest BCUT2D eigenvalue weighted by molar-refractivity contribution is 5.53. The Morgan fingerprint density at radius 2 is 1.96 bits per heavy atom. The normalized spacial score (nSPS) is 17.4. The molecule has 0 aliphatic carbocycles. The number of nitrogens with zero attached hydrogens (tertiary/aromatic N) is 5. The van der Waals surface area contributed by atoms with Crippen LogP contribution in [0, 0.1) is 0 Å². The summed E-state index contributed by atoms with van der Waals surface area (Å²) >= 11 is 0. The van der Waals surface area contributed by atoms with E-state index in [1.165, 1.54) is 0 Å². The van der Waals surface area contributed by atoms with Crippen molar-refractivity contribution in [3.05, 3.63) is 36.2 Å². The van der Waals surface area contributed by atoms with Crippen LogP contribution < -0.4 is 5.32 Å². The fraction of sp³-hybridized carbons (Fsp3) is 0.526. The van der Waals surface area contributed by atoms with E-state index in [-0.39, 0.29) is 0 Å². The van der Waals surface area contributed by atoms with Gasteiger partial charge in [0.25, 0.3) is 0 Å². The van der Waals surface area contributed by atoms with Crippen LogP contribution in [-0.4, -0.2) is 70.6 Å². The standard InChI is InChI=1S/C19H28N6/c1-4-16-13-18(23-19(22-16)17-7-5-6-8-20-17)21-15(2)14-25-11-9-24(3)10-12-25/h5-8,13,15H,4,9-12,14H2,1-3H3,(H,21,22,23). The lowest BCUT2D eigenvalue weighted by Crippen LogP contribution is -2.47. The Morgan fingerprint density at radius 1 is 1.16 bits per heavy atom. The number of nitrogens with one attached hydrogen (secondary N) is 1. The summed E-state index contributed by atoms with van der Waals surface area (Å²) < 4.78 is 0. The van der Waals surface area contributed by atoms with Crippen LogP contribution >= 0.6 is 0 Å². The third-order valence-corrected chi connectivity index (χ3v) is 4.56. The molecular weight excluding hydrogens is 312 g/mol. The molecule has 1 fully saturated rings. The lowest BCUT2D eigenvalue weighted by Gasteiger charge is -2.34. The number of rotatable bonds is 6. The van der Waals surface area contributed by atoms with E-state index in [1.54, 1.807) is 6.20 Å². The van der Waals surface area contributed by atoms with Gasteiger partial charge in [0.15, 0.2) is 5.82 Å². The van der Waals surface area contributed by atoms with Gasteiger partial charge in [0.05, 0.1) is 0 Å². The fourth-order valence-corrected chi connectivity index (χ4v) is 3.08. The molecule has 1 aliphatic heterocycles. The lowest BCUT2D eigenvalue weighted by atomic mass is 10.2. The highest BCUT2D eigenvalue weighted by atomic mass is 15.3. The summed E-state index contributed by atoms with van der Waals surface area (Å²) in [7, 11) is 2.19. The number of aromatic nitrogens is 3. The molecule has 0 radical (unpaired) electrons. The number of hydrogen-bond donors (Lipinski definition) is 1. The van der Waals surface area contributed by atoms with E-state index in [0.29, 0.717) is 11.9 Å². The summed E-state index contributed by atoms with van der Waals surface area (Å²) in [6, 6.07) is 8.20. The third kappa shape index (κ3) is 4.96. The Balaban J connectivity index is 1.69. The average molecular weight is 340 g/mol. The van der Waals surface area contributed by atoms with Crippen LogP contribution in [0.3, 0.4) is 0 Å². The van der Waals surface area contributed by atoms with Crippen molar-refractivity contribution in [2.24, 2.45) is 0 Å². The van der Waals surface area contributed by atoms with Crippen LogP contribution in [0.1, 0.15) is 19.5 Å². The molecule has 6 nitrogen and oxygen atoms in total. The van der Waals surface area contributed by atoms with E-state index < -0.39 is 0 Å². The van der Waals surface area contributed by atoms with Crippen LogP contribution in [0.4, 0.5) is 5.82 Å². The first kappa shape index (κ1) is 17.8. The molecule has 0 bridgehead atoms. The topological polar surface area (TPSA) is 57.2 Å². The van der Waals surface area contributed by atoms with E-state index in [1.807, 2.05) is 24.3 Å². The van der Waals surface area contributed by atoms with Crippen LogP contribution in [-0.2, 0) is 6.42 Å². The summed E-state index contributed by atoms with van der Waals surface area (Å²) in [6.45, 7) is 9.90. The van der Waals surface area contributed by atoms with Crippen molar-refractivity contribution < 1.29 is 0 Å². The molecule has 0 saturated carbocycles. The van der Waals surface area contributed by atoms with Crippen molar-refractivity contribution in [3.63, 3.8) is 0 Å². The smallest absolute Gasteiger partial charge is 0.180 e. The molecule has 1 N–H and O–H groups in total. The van der Waals surface area contributed by atoms with Gasteiger partial charge in [-0.25, -0.2) is 9.97 Å². The van der Waals surface area contributed by atoms with Gasteiger partial charge in [0.2, 0.25) is 0 Å². The maximum absolute atomic E-state index is 4.69. The molecule has 2 aromatic heterocycles. The molecule has 134 valence electrons. The van der Waals surface area contributed by atoms with Crippen molar-refractivity contribution in [3.8, 4) is 11.5 Å². The summed E-state index contributed by atoms with van der Waals surface area (Å²) in [5, 5.41) is 3.55. The zero-order valence-electron chi connectivity index (χ0n) is 15.4. The SMILES string of the molecule is CCc1cc(NC(C)CN2CCN(C)CC2)nc(-c2ccccn2)n1. The van der Waals surface area contributed by atoms with Crippen LogP contribution in [0.25, 0.3) is 11.5 Å². The molecule has 2 aromatic rings. The number of pyridine rings is 1.